The number of ketones is 2. The Morgan fingerprint density at radius 2 is 1.94 bits per heavy atom. The van der Waals surface area contributed by atoms with E-state index in [0.29, 0.717) is 4.60 Å². The molecule has 0 aliphatic rings. The van der Waals surface area contributed by atoms with E-state index < -0.39 is 24.2 Å². The van der Waals surface area contributed by atoms with Gasteiger partial charge in [-0.15, -0.1) is 0 Å². The smallest absolute Gasteiger partial charge is 0.292 e. The normalized spacial score (nSPS) is 11.2. The summed E-state index contributed by atoms with van der Waals surface area (Å²) in [7, 11) is 0. The van der Waals surface area contributed by atoms with Gasteiger partial charge in [-0.1, -0.05) is 6.07 Å². The van der Waals surface area contributed by atoms with Crippen LogP contribution in [0, 0.1) is 0 Å². The highest BCUT2D eigenvalue weighted by Crippen LogP contribution is 2.19. The van der Waals surface area contributed by atoms with Gasteiger partial charge in [0, 0.05) is 0 Å². The first-order chi connectivity index (χ1) is 7.30. The molecule has 0 unspecified atom stereocenters. The lowest BCUT2D eigenvalue weighted by atomic mass is 10.1. The second kappa shape index (κ2) is 4.73. The van der Waals surface area contributed by atoms with E-state index in [9.17, 15) is 22.8 Å². The Balaban J connectivity index is 2.78. The Bertz CT molecular complexity index is 431. The zero-order chi connectivity index (χ0) is 12.3. The average Bonchev–Trinajstić information content (AvgIpc) is 2.16. The molecule has 0 atom stereocenters. The number of hydrogen-bond acceptors (Lipinski definition) is 3. The number of alkyl halides is 3. The van der Waals surface area contributed by atoms with E-state index in [4.69, 9.17) is 0 Å². The first-order valence-corrected chi connectivity index (χ1v) is 4.86. The molecule has 0 fully saturated rings. The van der Waals surface area contributed by atoms with Crippen molar-refractivity contribution in [3.63, 3.8) is 0 Å². The number of nitrogens with zero attached hydrogens (tertiary/aromatic N) is 1. The number of aromatic nitrogens is 1. The fraction of sp³-hybridized carbons (Fsp3) is 0.222. The van der Waals surface area contributed by atoms with Crippen molar-refractivity contribution in [1.29, 1.82) is 0 Å². The molecule has 0 radical (unpaired) electrons. The number of Topliss-reactive ketones (excluding diaryl/α,β-unsaturated/α-hetero) is 2. The molecule has 1 aromatic heterocycles. The van der Waals surface area contributed by atoms with Gasteiger partial charge in [0.25, 0.3) is 0 Å². The largest absolute Gasteiger partial charge is 0.450 e. The monoisotopic (exact) mass is 295 g/mol. The molecule has 16 heavy (non-hydrogen) atoms. The van der Waals surface area contributed by atoms with Crippen molar-refractivity contribution in [1.82, 2.24) is 4.98 Å². The van der Waals surface area contributed by atoms with Crippen LogP contribution in [0.1, 0.15) is 16.9 Å². The molecule has 0 aliphatic heterocycles. The van der Waals surface area contributed by atoms with Crippen molar-refractivity contribution in [2.75, 3.05) is 0 Å². The molecule has 1 aromatic rings. The topological polar surface area (TPSA) is 47.0 Å². The Morgan fingerprint density at radius 1 is 1.31 bits per heavy atom. The van der Waals surface area contributed by atoms with Crippen LogP contribution in [0.4, 0.5) is 13.2 Å². The number of carbonyl (C=O) groups excluding carboxylic acids is 2. The minimum absolute atomic E-state index is 0.174. The summed E-state index contributed by atoms with van der Waals surface area (Å²) in [5, 5.41) is 0. The van der Waals surface area contributed by atoms with E-state index in [2.05, 4.69) is 20.9 Å². The van der Waals surface area contributed by atoms with Crippen LogP contribution >= 0.6 is 15.9 Å². The molecule has 0 bridgehead atoms. The van der Waals surface area contributed by atoms with Crippen LogP contribution < -0.4 is 0 Å². The highest BCUT2D eigenvalue weighted by Gasteiger charge is 2.39. The van der Waals surface area contributed by atoms with E-state index in [0.717, 1.165) is 0 Å². The van der Waals surface area contributed by atoms with Crippen LogP contribution in [0.25, 0.3) is 0 Å². The van der Waals surface area contributed by atoms with Crippen LogP contribution in [0.15, 0.2) is 22.8 Å². The van der Waals surface area contributed by atoms with E-state index in [1.165, 1.54) is 18.2 Å². The van der Waals surface area contributed by atoms with E-state index in [1.54, 1.807) is 0 Å². The van der Waals surface area contributed by atoms with Gasteiger partial charge < -0.3 is 0 Å². The highest BCUT2D eigenvalue weighted by molar-refractivity contribution is 9.10. The second-order valence-electron chi connectivity index (χ2n) is 2.87. The minimum Gasteiger partial charge on any atom is -0.292 e. The predicted octanol–water partition coefficient (Wildman–Crippen LogP) is 2.55. The van der Waals surface area contributed by atoms with Crippen molar-refractivity contribution in [3.05, 3.63) is 28.5 Å². The molecule has 0 aliphatic carbocycles. The van der Waals surface area contributed by atoms with Gasteiger partial charge >= 0.3 is 6.18 Å². The van der Waals surface area contributed by atoms with E-state index >= 15 is 0 Å². The molecule has 1 rings (SSSR count). The summed E-state index contributed by atoms with van der Waals surface area (Å²) >= 11 is 2.97. The summed E-state index contributed by atoms with van der Waals surface area (Å²) in [5.74, 6) is -3.03. The number of pyridine rings is 1. The Labute approximate surface area is 96.8 Å². The summed E-state index contributed by atoms with van der Waals surface area (Å²) in [6.07, 6.45) is -6.20. The van der Waals surface area contributed by atoms with Crippen LogP contribution in [0.5, 0.6) is 0 Å². The maximum atomic E-state index is 11.9. The second-order valence-corrected chi connectivity index (χ2v) is 3.68. The number of hydrogen-bond donors (Lipinski definition) is 0. The highest BCUT2D eigenvalue weighted by atomic mass is 79.9. The predicted molar refractivity (Wildman–Crippen MR) is 51.9 cm³/mol. The third-order valence-corrected chi connectivity index (χ3v) is 2.08. The summed E-state index contributed by atoms with van der Waals surface area (Å²) in [5.41, 5.74) is -0.174. The molecule has 86 valence electrons. The van der Waals surface area contributed by atoms with Crippen molar-refractivity contribution >= 4 is 27.5 Å². The van der Waals surface area contributed by atoms with Crippen molar-refractivity contribution < 1.29 is 22.8 Å². The lowest BCUT2D eigenvalue weighted by molar-refractivity contribution is -0.170. The van der Waals surface area contributed by atoms with Crippen molar-refractivity contribution in [2.45, 2.75) is 12.6 Å². The summed E-state index contributed by atoms with van der Waals surface area (Å²) in [4.78, 5) is 25.5. The first kappa shape index (κ1) is 12.8. The summed E-state index contributed by atoms with van der Waals surface area (Å²) in [6.45, 7) is 0. The van der Waals surface area contributed by atoms with Gasteiger partial charge in [-0.05, 0) is 28.1 Å². The lowest BCUT2D eigenvalue weighted by Gasteiger charge is -2.04. The molecule has 0 saturated carbocycles. The first-order valence-electron chi connectivity index (χ1n) is 4.06. The SMILES string of the molecule is O=C(CC(=O)C(F)(F)F)c1cccc(Br)n1. The fourth-order valence-electron chi connectivity index (χ4n) is 0.900. The van der Waals surface area contributed by atoms with Gasteiger partial charge in [0.05, 0.1) is 6.42 Å². The Morgan fingerprint density at radius 3 is 2.44 bits per heavy atom. The van der Waals surface area contributed by atoms with Gasteiger partial charge in [0.1, 0.15) is 10.3 Å². The number of halogens is 4. The fourth-order valence-corrected chi connectivity index (χ4v) is 1.24. The molecular formula is C9H5BrF3NO2. The molecule has 0 saturated heterocycles. The number of carbonyl (C=O) groups is 2. The van der Waals surface area contributed by atoms with Gasteiger partial charge in [-0.2, -0.15) is 13.2 Å². The lowest BCUT2D eigenvalue weighted by Crippen LogP contribution is -2.25. The van der Waals surface area contributed by atoms with Crippen molar-refractivity contribution in [3.8, 4) is 0 Å². The summed E-state index contributed by atoms with van der Waals surface area (Å²) < 4.78 is 35.9. The van der Waals surface area contributed by atoms with Gasteiger partial charge in [0.2, 0.25) is 5.78 Å². The minimum atomic E-state index is -4.98. The average molecular weight is 296 g/mol. The number of rotatable bonds is 3. The zero-order valence-electron chi connectivity index (χ0n) is 7.71. The third kappa shape index (κ3) is 3.41. The Hall–Kier alpha value is -1.24. The Kier molecular flexibility index (Phi) is 3.79. The molecule has 1 heterocycles. The molecule has 7 heteroatoms. The maximum Gasteiger partial charge on any atom is 0.450 e. The van der Waals surface area contributed by atoms with Gasteiger partial charge in [0.15, 0.2) is 5.78 Å². The van der Waals surface area contributed by atoms with Gasteiger partial charge in [-0.3, -0.25) is 9.59 Å². The molecule has 3 nitrogen and oxygen atoms in total. The maximum absolute atomic E-state index is 11.9. The van der Waals surface area contributed by atoms with Crippen LogP contribution in [0.3, 0.4) is 0 Å². The van der Waals surface area contributed by atoms with Crippen LogP contribution in [-0.2, 0) is 4.79 Å². The zero-order valence-corrected chi connectivity index (χ0v) is 9.30. The molecular weight excluding hydrogens is 291 g/mol. The molecule has 0 amide bonds. The van der Waals surface area contributed by atoms with Crippen LogP contribution in [0.2, 0.25) is 0 Å². The van der Waals surface area contributed by atoms with Gasteiger partial charge in [-0.25, -0.2) is 4.98 Å². The molecule has 0 spiro atoms. The van der Waals surface area contributed by atoms with Crippen LogP contribution in [-0.4, -0.2) is 22.7 Å². The van der Waals surface area contributed by atoms with E-state index in [1.807, 2.05) is 0 Å². The van der Waals surface area contributed by atoms with Crippen molar-refractivity contribution in [2.24, 2.45) is 0 Å². The quantitative estimate of drug-likeness (QED) is 0.489. The van der Waals surface area contributed by atoms with E-state index in [-0.39, 0.29) is 5.69 Å². The summed E-state index contributed by atoms with van der Waals surface area (Å²) in [6, 6.07) is 4.21. The molecule has 0 N–H and O–H groups in total. The molecule has 0 aromatic carbocycles. The standard InChI is InChI=1S/C9H5BrF3NO2/c10-8-3-1-2-5(14-8)6(15)4-7(16)9(11,12)13/h1-3H,4H2. The third-order valence-electron chi connectivity index (χ3n) is 1.64.